The van der Waals surface area contributed by atoms with E-state index in [9.17, 15) is 0 Å². The van der Waals surface area contributed by atoms with Gasteiger partial charge < -0.3 is 9.80 Å². The molecule has 1 rings (SSSR count). The van der Waals surface area contributed by atoms with Crippen molar-refractivity contribution in [2.45, 2.75) is 277 Å². The van der Waals surface area contributed by atoms with Crippen LogP contribution in [0.3, 0.4) is 0 Å². The number of hydrogen-bond donors (Lipinski definition) is 0. The van der Waals surface area contributed by atoms with Crippen molar-refractivity contribution >= 4 is 0 Å². The molecule has 0 saturated heterocycles. The summed E-state index contributed by atoms with van der Waals surface area (Å²) in [6, 6.07) is 0. The third-order valence-electron chi connectivity index (χ3n) is 11.6. The van der Waals surface area contributed by atoms with Crippen molar-refractivity contribution in [2.24, 2.45) is 0 Å². The van der Waals surface area contributed by atoms with Gasteiger partial charge in [-0.15, -0.1) is 0 Å². The Morgan fingerprint density at radius 2 is 0.469 bits per heavy atom. The molecule has 0 aromatic heterocycles. The van der Waals surface area contributed by atoms with Crippen molar-refractivity contribution in [1.29, 1.82) is 0 Å². The topological polar surface area (TPSA) is 6.48 Å². The molecule has 0 spiro atoms. The van der Waals surface area contributed by atoms with E-state index in [1.807, 2.05) is 0 Å². The van der Waals surface area contributed by atoms with Gasteiger partial charge in [-0.1, -0.05) is 245 Å². The van der Waals surface area contributed by atoms with Crippen molar-refractivity contribution in [2.75, 3.05) is 13.1 Å². The lowest BCUT2D eigenvalue weighted by molar-refractivity contribution is 0.135. The van der Waals surface area contributed by atoms with Gasteiger partial charge in [-0.2, -0.15) is 0 Å². The van der Waals surface area contributed by atoms with E-state index in [0.717, 1.165) is 0 Å². The first kappa shape index (κ1) is 46.4. The first-order chi connectivity index (χ1) is 24.3. The summed E-state index contributed by atoms with van der Waals surface area (Å²) in [5, 5.41) is 0. The highest BCUT2D eigenvalue weighted by atomic mass is 15.4. The van der Waals surface area contributed by atoms with E-state index in [0.29, 0.717) is 6.17 Å². The molecule has 0 radical (unpaired) electrons. The quantitative estimate of drug-likeness (QED) is 0.0591. The average molecular weight is 687 g/mol. The van der Waals surface area contributed by atoms with Gasteiger partial charge in [-0.3, -0.25) is 0 Å². The van der Waals surface area contributed by atoms with E-state index in [1.165, 1.54) is 264 Å². The van der Waals surface area contributed by atoms with Crippen LogP contribution in [0.25, 0.3) is 0 Å². The third kappa shape index (κ3) is 30.7. The van der Waals surface area contributed by atoms with E-state index in [-0.39, 0.29) is 0 Å². The number of hydrogen-bond acceptors (Lipinski definition) is 2. The summed E-state index contributed by atoms with van der Waals surface area (Å²) in [4.78, 5) is 5.47. The van der Waals surface area contributed by atoms with Gasteiger partial charge in [0.25, 0.3) is 0 Å². The normalized spacial score (nSPS) is 14.6. The second-order valence-corrected chi connectivity index (χ2v) is 16.4. The molecule has 1 aliphatic heterocycles. The zero-order chi connectivity index (χ0) is 35.1. The predicted molar refractivity (Wildman–Crippen MR) is 223 cm³/mol. The third-order valence-corrected chi connectivity index (χ3v) is 11.6. The van der Waals surface area contributed by atoms with Crippen LogP contribution in [0.1, 0.15) is 271 Å². The Morgan fingerprint density at radius 1 is 0.265 bits per heavy atom. The van der Waals surface area contributed by atoms with Crippen LogP contribution in [0, 0.1) is 0 Å². The Morgan fingerprint density at radius 3 is 0.714 bits per heavy atom. The van der Waals surface area contributed by atoms with Gasteiger partial charge >= 0.3 is 0 Å². The van der Waals surface area contributed by atoms with Crippen molar-refractivity contribution in [3.63, 3.8) is 0 Å². The molecule has 1 atom stereocenters. The summed E-state index contributed by atoms with van der Waals surface area (Å²) in [6.45, 7) is 9.49. The highest BCUT2D eigenvalue weighted by molar-refractivity contribution is 4.97. The van der Waals surface area contributed by atoms with Crippen LogP contribution < -0.4 is 0 Å². The molecule has 1 aliphatic rings. The molecular formula is C47H94N2. The fourth-order valence-corrected chi connectivity index (χ4v) is 8.13. The first-order valence-corrected chi connectivity index (χ1v) is 23.5. The summed E-state index contributed by atoms with van der Waals surface area (Å²) in [6.07, 6.45) is 61.9. The maximum absolute atomic E-state index is 2.73. The molecule has 0 amide bonds. The van der Waals surface area contributed by atoms with E-state index >= 15 is 0 Å². The minimum Gasteiger partial charge on any atom is -0.356 e. The molecule has 2 nitrogen and oxygen atoms in total. The van der Waals surface area contributed by atoms with Crippen molar-refractivity contribution in [3.8, 4) is 0 Å². The standard InChI is InChI=1S/C47H94N2/c1-4-7-10-13-16-19-22-24-25-26-27-29-32-35-38-41-44-49-46-45-48(43-40-37-34-31-21-18-15-12-9-6-3)47(49)42-39-36-33-30-28-23-20-17-14-11-8-5-2/h45-47H,4-44H2,1-3H3. The van der Waals surface area contributed by atoms with E-state index in [4.69, 9.17) is 0 Å². The Labute approximate surface area is 311 Å². The fraction of sp³-hybridized carbons (Fsp3) is 0.957. The SMILES string of the molecule is CCCCCCCCCCCCCCCCCCN1C=CN(CCCCCCCCCCCC)C1CCCCCCCCCCCCCC. The molecule has 1 heterocycles. The van der Waals surface area contributed by atoms with Gasteiger partial charge in [-0.25, -0.2) is 0 Å². The van der Waals surface area contributed by atoms with E-state index in [1.54, 1.807) is 0 Å². The Balaban J connectivity index is 2.18. The molecule has 0 saturated carbocycles. The zero-order valence-electron chi connectivity index (χ0n) is 34.6. The number of rotatable bonds is 41. The Hall–Kier alpha value is -0.660. The van der Waals surface area contributed by atoms with Gasteiger partial charge in [0.1, 0.15) is 6.17 Å². The average Bonchev–Trinajstić information content (AvgIpc) is 3.50. The molecule has 1 unspecified atom stereocenters. The fourth-order valence-electron chi connectivity index (χ4n) is 8.13. The lowest BCUT2D eigenvalue weighted by atomic mass is 10.0. The van der Waals surface area contributed by atoms with Crippen LogP contribution in [0.2, 0.25) is 0 Å². The Bertz CT molecular complexity index is 644. The summed E-state index contributed by atoms with van der Waals surface area (Å²) < 4.78 is 0. The molecule has 49 heavy (non-hydrogen) atoms. The molecule has 292 valence electrons. The smallest absolute Gasteiger partial charge is 0.101 e. The number of unbranched alkanes of at least 4 members (excludes halogenated alkanes) is 35. The largest absolute Gasteiger partial charge is 0.356 e. The van der Waals surface area contributed by atoms with Crippen molar-refractivity contribution in [1.82, 2.24) is 9.80 Å². The maximum Gasteiger partial charge on any atom is 0.101 e. The highest BCUT2D eigenvalue weighted by Crippen LogP contribution is 2.24. The lowest BCUT2D eigenvalue weighted by Crippen LogP contribution is -2.39. The molecule has 0 aliphatic carbocycles. The summed E-state index contributed by atoms with van der Waals surface area (Å²) in [7, 11) is 0. The number of nitrogens with zero attached hydrogens (tertiary/aromatic N) is 2. The highest BCUT2D eigenvalue weighted by Gasteiger charge is 2.24. The molecule has 2 heteroatoms. The summed E-state index contributed by atoms with van der Waals surface area (Å²) in [5.41, 5.74) is 0. The maximum atomic E-state index is 2.73. The molecule has 0 aromatic rings. The minimum absolute atomic E-state index is 0.637. The van der Waals surface area contributed by atoms with Gasteiger partial charge in [0.2, 0.25) is 0 Å². The second-order valence-electron chi connectivity index (χ2n) is 16.4. The summed E-state index contributed by atoms with van der Waals surface area (Å²) >= 11 is 0. The minimum atomic E-state index is 0.637. The molecule has 0 fully saturated rings. The molecule has 0 bridgehead atoms. The molecule has 0 N–H and O–H groups in total. The second kappa shape index (κ2) is 38.6. The van der Waals surface area contributed by atoms with Crippen molar-refractivity contribution < 1.29 is 0 Å². The van der Waals surface area contributed by atoms with Crippen LogP contribution in [-0.4, -0.2) is 29.1 Å². The van der Waals surface area contributed by atoms with Crippen LogP contribution in [0.5, 0.6) is 0 Å². The van der Waals surface area contributed by atoms with Gasteiger partial charge in [-0.05, 0) is 25.7 Å². The summed E-state index contributed by atoms with van der Waals surface area (Å²) in [5.74, 6) is 0. The van der Waals surface area contributed by atoms with Crippen molar-refractivity contribution in [3.05, 3.63) is 12.4 Å². The zero-order valence-corrected chi connectivity index (χ0v) is 34.6. The van der Waals surface area contributed by atoms with Gasteiger partial charge in [0.15, 0.2) is 0 Å². The van der Waals surface area contributed by atoms with Gasteiger partial charge in [0, 0.05) is 25.5 Å². The Kier molecular flexibility index (Phi) is 36.5. The van der Waals surface area contributed by atoms with E-state index < -0.39 is 0 Å². The van der Waals surface area contributed by atoms with Crippen LogP contribution >= 0.6 is 0 Å². The van der Waals surface area contributed by atoms with E-state index in [2.05, 4.69) is 43.0 Å². The molecular weight excluding hydrogens is 593 g/mol. The predicted octanol–water partition coefficient (Wildman–Crippen LogP) is 16.7. The van der Waals surface area contributed by atoms with Gasteiger partial charge in [0.05, 0.1) is 0 Å². The van der Waals surface area contributed by atoms with Crippen LogP contribution in [-0.2, 0) is 0 Å². The first-order valence-electron chi connectivity index (χ1n) is 23.5. The van der Waals surface area contributed by atoms with Crippen LogP contribution in [0.4, 0.5) is 0 Å². The van der Waals surface area contributed by atoms with Crippen LogP contribution in [0.15, 0.2) is 12.4 Å². The monoisotopic (exact) mass is 687 g/mol. The molecule has 0 aromatic carbocycles. The lowest BCUT2D eigenvalue weighted by Gasteiger charge is -2.33.